The summed E-state index contributed by atoms with van der Waals surface area (Å²) in [5.41, 5.74) is 1.90. The van der Waals surface area contributed by atoms with Crippen LogP contribution in [0.25, 0.3) is 6.08 Å². The standard InChI is InChI=1S/C22H21NO5S/c1-14(2)12-23-20(24)19(29-22(23)27)11-15-5-9-18(10-6-15)28-13-16-3-7-17(8-4-16)21(25)26/h3-11,14H,12-13H2,1-2H3,(H,25,26)/b19-11-. The predicted molar refractivity (Wildman–Crippen MR) is 112 cm³/mol. The molecule has 150 valence electrons. The lowest BCUT2D eigenvalue weighted by Crippen LogP contribution is -2.31. The number of carboxylic acid groups (broad SMARTS) is 1. The molecule has 2 aromatic rings. The van der Waals surface area contributed by atoms with Crippen LogP contribution in [-0.2, 0) is 11.4 Å². The fourth-order valence-corrected chi connectivity index (χ4v) is 3.59. The van der Waals surface area contributed by atoms with Gasteiger partial charge in [-0.05, 0) is 59.1 Å². The molecule has 29 heavy (non-hydrogen) atoms. The predicted octanol–water partition coefficient (Wildman–Crippen LogP) is 4.66. The van der Waals surface area contributed by atoms with Gasteiger partial charge in [0, 0.05) is 6.54 Å². The molecular weight excluding hydrogens is 390 g/mol. The van der Waals surface area contributed by atoms with Gasteiger partial charge in [-0.25, -0.2) is 4.79 Å². The minimum Gasteiger partial charge on any atom is -0.489 e. The maximum atomic E-state index is 12.4. The van der Waals surface area contributed by atoms with Crippen molar-refractivity contribution in [1.29, 1.82) is 0 Å². The van der Waals surface area contributed by atoms with Crippen LogP contribution in [-0.4, -0.2) is 33.7 Å². The molecule has 0 unspecified atom stereocenters. The molecule has 1 saturated heterocycles. The fraction of sp³-hybridized carbons (Fsp3) is 0.227. The molecule has 0 atom stereocenters. The smallest absolute Gasteiger partial charge is 0.335 e. The van der Waals surface area contributed by atoms with Gasteiger partial charge in [0.25, 0.3) is 11.1 Å². The molecule has 0 spiro atoms. The first-order valence-corrected chi connectivity index (χ1v) is 9.95. The van der Waals surface area contributed by atoms with Crippen molar-refractivity contribution in [3.8, 4) is 5.75 Å². The molecule has 3 rings (SSSR count). The number of amides is 2. The molecule has 1 heterocycles. The van der Waals surface area contributed by atoms with Gasteiger partial charge >= 0.3 is 5.97 Å². The topological polar surface area (TPSA) is 83.9 Å². The van der Waals surface area contributed by atoms with Crippen LogP contribution >= 0.6 is 11.8 Å². The summed E-state index contributed by atoms with van der Waals surface area (Å²) in [6, 6.07) is 13.7. The van der Waals surface area contributed by atoms with Crippen molar-refractivity contribution in [3.05, 3.63) is 70.1 Å². The van der Waals surface area contributed by atoms with Gasteiger partial charge in [0.15, 0.2) is 0 Å². The third kappa shape index (κ3) is 5.26. The Balaban J connectivity index is 1.61. The molecular formula is C22H21NO5S. The van der Waals surface area contributed by atoms with Crippen molar-refractivity contribution >= 4 is 35.0 Å². The summed E-state index contributed by atoms with van der Waals surface area (Å²) < 4.78 is 5.71. The zero-order valence-corrected chi connectivity index (χ0v) is 16.9. The Labute approximate surface area is 173 Å². The molecule has 2 amide bonds. The van der Waals surface area contributed by atoms with Gasteiger partial charge in [0.2, 0.25) is 0 Å². The Hall–Kier alpha value is -3.06. The van der Waals surface area contributed by atoms with Gasteiger partial charge in [0.1, 0.15) is 12.4 Å². The highest BCUT2D eigenvalue weighted by Gasteiger charge is 2.35. The number of nitrogens with zero attached hydrogens (tertiary/aromatic N) is 1. The van der Waals surface area contributed by atoms with E-state index in [2.05, 4.69) is 0 Å². The minimum absolute atomic E-state index is 0.222. The first kappa shape index (κ1) is 20.7. The minimum atomic E-state index is -0.963. The maximum Gasteiger partial charge on any atom is 0.335 e. The summed E-state index contributed by atoms with van der Waals surface area (Å²) in [6.45, 7) is 4.66. The Morgan fingerprint density at radius 1 is 1.10 bits per heavy atom. The van der Waals surface area contributed by atoms with Crippen LogP contribution in [0.3, 0.4) is 0 Å². The largest absolute Gasteiger partial charge is 0.489 e. The summed E-state index contributed by atoms with van der Waals surface area (Å²) in [6.07, 6.45) is 1.71. The molecule has 1 aliphatic heterocycles. The molecule has 0 aromatic heterocycles. The van der Waals surface area contributed by atoms with E-state index in [0.29, 0.717) is 23.8 Å². The molecule has 1 N–H and O–H groups in total. The lowest BCUT2D eigenvalue weighted by molar-refractivity contribution is -0.123. The van der Waals surface area contributed by atoms with Crippen LogP contribution in [0.1, 0.15) is 35.3 Å². The van der Waals surface area contributed by atoms with E-state index in [-0.39, 0.29) is 22.6 Å². The summed E-state index contributed by atoms with van der Waals surface area (Å²) in [5.74, 6) is -0.342. The number of hydrogen-bond acceptors (Lipinski definition) is 5. The highest BCUT2D eigenvalue weighted by molar-refractivity contribution is 8.18. The van der Waals surface area contributed by atoms with Crippen molar-refractivity contribution in [1.82, 2.24) is 4.90 Å². The van der Waals surface area contributed by atoms with E-state index in [1.165, 1.54) is 17.0 Å². The SMILES string of the molecule is CC(C)CN1C(=O)S/C(=C\c2ccc(OCc3ccc(C(=O)O)cc3)cc2)C1=O. The summed E-state index contributed by atoms with van der Waals surface area (Å²) in [5, 5.41) is 8.68. The number of carbonyl (C=O) groups excluding carboxylic acids is 2. The summed E-state index contributed by atoms with van der Waals surface area (Å²) in [7, 11) is 0. The monoisotopic (exact) mass is 411 g/mol. The number of carboxylic acids is 1. The lowest BCUT2D eigenvalue weighted by atomic mass is 10.1. The van der Waals surface area contributed by atoms with Gasteiger partial charge < -0.3 is 9.84 Å². The molecule has 1 aliphatic rings. The van der Waals surface area contributed by atoms with Gasteiger partial charge in [-0.2, -0.15) is 0 Å². The van der Waals surface area contributed by atoms with Crippen molar-refractivity contribution in [3.63, 3.8) is 0 Å². The van der Waals surface area contributed by atoms with E-state index in [1.807, 2.05) is 26.0 Å². The highest BCUT2D eigenvalue weighted by Crippen LogP contribution is 2.32. The third-order valence-electron chi connectivity index (χ3n) is 4.21. The zero-order valence-electron chi connectivity index (χ0n) is 16.1. The van der Waals surface area contributed by atoms with Crippen molar-refractivity contribution in [2.24, 2.45) is 5.92 Å². The average molecular weight is 411 g/mol. The fourth-order valence-electron chi connectivity index (χ4n) is 2.74. The van der Waals surface area contributed by atoms with Gasteiger partial charge in [-0.3, -0.25) is 14.5 Å². The van der Waals surface area contributed by atoms with Crippen molar-refractivity contribution in [2.45, 2.75) is 20.5 Å². The van der Waals surface area contributed by atoms with E-state index in [1.54, 1.807) is 30.3 Å². The highest BCUT2D eigenvalue weighted by atomic mass is 32.2. The Kier molecular flexibility index (Phi) is 6.39. The Morgan fingerprint density at radius 3 is 2.34 bits per heavy atom. The van der Waals surface area contributed by atoms with Crippen LogP contribution < -0.4 is 4.74 Å². The molecule has 0 bridgehead atoms. The van der Waals surface area contributed by atoms with Crippen molar-refractivity contribution in [2.75, 3.05) is 6.54 Å². The maximum absolute atomic E-state index is 12.4. The number of aromatic carboxylic acids is 1. The quantitative estimate of drug-likeness (QED) is 0.668. The number of thioether (sulfide) groups is 1. The van der Waals surface area contributed by atoms with E-state index < -0.39 is 5.97 Å². The van der Waals surface area contributed by atoms with Crippen molar-refractivity contribution < 1.29 is 24.2 Å². The second kappa shape index (κ2) is 8.96. The number of benzene rings is 2. The van der Waals surface area contributed by atoms with Crippen LogP contribution in [0.5, 0.6) is 5.75 Å². The van der Waals surface area contributed by atoms with Gasteiger partial charge in [0.05, 0.1) is 10.5 Å². The third-order valence-corrected chi connectivity index (χ3v) is 5.11. The molecule has 0 radical (unpaired) electrons. The van der Waals surface area contributed by atoms with E-state index >= 15 is 0 Å². The first-order valence-electron chi connectivity index (χ1n) is 9.14. The van der Waals surface area contributed by atoms with Gasteiger partial charge in [-0.15, -0.1) is 0 Å². The van der Waals surface area contributed by atoms with E-state index in [0.717, 1.165) is 22.9 Å². The molecule has 2 aromatic carbocycles. The number of ether oxygens (including phenoxy) is 1. The lowest BCUT2D eigenvalue weighted by Gasteiger charge is -2.14. The Morgan fingerprint density at radius 2 is 1.76 bits per heavy atom. The molecule has 7 heteroatoms. The first-order chi connectivity index (χ1) is 13.8. The number of hydrogen-bond donors (Lipinski definition) is 1. The van der Waals surface area contributed by atoms with Gasteiger partial charge in [-0.1, -0.05) is 38.1 Å². The number of carbonyl (C=O) groups is 3. The normalized spacial score (nSPS) is 15.4. The number of imide groups is 1. The van der Waals surface area contributed by atoms with Crippen LogP contribution in [0, 0.1) is 5.92 Å². The second-order valence-corrected chi connectivity index (χ2v) is 8.04. The van der Waals surface area contributed by atoms with Crippen LogP contribution in [0.4, 0.5) is 4.79 Å². The summed E-state index contributed by atoms with van der Waals surface area (Å²) >= 11 is 0.959. The molecule has 0 saturated carbocycles. The van der Waals surface area contributed by atoms with Crippen LogP contribution in [0.15, 0.2) is 53.4 Å². The van der Waals surface area contributed by atoms with E-state index in [9.17, 15) is 14.4 Å². The second-order valence-electron chi connectivity index (χ2n) is 7.05. The number of rotatable bonds is 7. The molecule has 0 aliphatic carbocycles. The summed E-state index contributed by atoms with van der Waals surface area (Å²) in [4.78, 5) is 37.0. The average Bonchev–Trinajstić information content (AvgIpc) is 2.95. The Bertz CT molecular complexity index is 948. The zero-order chi connectivity index (χ0) is 21.0. The van der Waals surface area contributed by atoms with Crippen LogP contribution in [0.2, 0.25) is 0 Å². The van der Waals surface area contributed by atoms with E-state index in [4.69, 9.17) is 9.84 Å². The molecule has 6 nitrogen and oxygen atoms in total. The molecule has 1 fully saturated rings.